The van der Waals surface area contributed by atoms with E-state index >= 15 is 0 Å². The Morgan fingerprint density at radius 3 is 2.44 bits per heavy atom. The monoisotopic (exact) mass is 354 g/mol. The zero-order chi connectivity index (χ0) is 18.8. The average Bonchev–Trinajstić information content (AvgIpc) is 3.21. The van der Waals surface area contributed by atoms with Crippen LogP contribution < -0.4 is 16.4 Å². The van der Waals surface area contributed by atoms with Crippen molar-refractivity contribution in [1.29, 1.82) is 0 Å². The van der Waals surface area contributed by atoms with Crippen LogP contribution in [-0.2, 0) is 14.4 Å². The van der Waals surface area contributed by atoms with Crippen molar-refractivity contribution in [3.63, 3.8) is 0 Å². The van der Waals surface area contributed by atoms with Gasteiger partial charge in [0, 0.05) is 12.6 Å². The molecule has 2 fully saturated rings. The Hall–Kier alpha value is -1.51. The van der Waals surface area contributed by atoms with Crippen LogP contribution in [0, 0.1) is 5.41 Å². The number of amides is 2. The van der Waals surface area contributed by atoms with Crippen molar-refractivity contribution in [3.05, 3.63) is 0 Å². The molecular formula is C17H30N4O4. The molecule has 142 valence electrons. The van der Waals surface area contributed by atoms with Crippen molar-refractivity contribution in [1.82, 2.24) is 15.5 Å². The molecule has 8 heteroatoms. The van der Waals surface area contributed by atoms with E-state index in [1.807, 2.05) is 20.8 Å². The first-order chi connectivity index (χ1) is 11.6. The molecule has 2 rings (SSSR count). The predicted octanol–water partition coefficient (Wildman–Crippen LogP) is -0.893. The summed E-state index contributed by atoms with van der Waals surface area (Å²) in [6, 6.07) is -0.991. The number of Topliss-reactive ketones (excluding diaryl/α,β-unsaturated/α-hetero) is 1. The fourth-order valence-corrected chi connectivity index (χ4v) is 2.85. The fourth-order valence-electron chi connectivity index (χ4n) is 2.85. The van der Waals surface area contributed by atoms with Crippen LogP contribution in [0.3, 0.4) is 0 Å². The summed E-state index contributed by atoms with van der Waals surface area (Å²) >= 11 is 0. The van der Waals surface area contributed by atoms with Crippen molar-refractivity contribution in [2.24, 2.45) is 11.1 Å². The average molecular weight is 354 g/mol. The number of hydrogen-bond donors (Lipinski definition) is 4. The molecule has 8 nitrogen and oxygen atoms in total. The summed E-state index contributed by atoms with van der Waals surface area (Å²) in [6.07, 6.45) is 2.13. The first-order valence-corrected chi connectivity index (χ1v) is 8.92. The van der Waals surface area contributed by atoms with E-state index in [1.165, 1.54) is 0 Å². The highest BCUT2D eigenvalue weighted by Gasteiger charge is 2.39. The zero-order valence-electron chi connectivity index (χ0n) is 15.2. The van der Waals surface area contributed by atoms with Gasteiger partial charge >= 0.3 is 0 Å². The van der Waals surface area contributed by atoms with Gasteiger partial charge in [-0.1, -0.05) is 20.8 Å². The third kappa shape index (κ3) is 5.23. The Labute approximate surface area is 148 Å². The standard InChI is InChI=1S/C17H30N4O4/c1-17(2,3)13(18)16(25)21-8-4-5-11(21)14(23)19-9-12(22)15(24)20-10-6-7-10/h10-11,13-14,19,23H,4-9,18H2,1-3H3,(H,20,24)/t11-,13+,14?/m0/s1. The number of aliphatic hydroxyl groups is 1. The van der Waals surface area contributed by atoms with Crippen molar-refractivity contribution >= 4 is 17.6 Å². The lowest BCUT2D eigenvalue weighted by Gasteiger charge is -2.34. The zero-order valence-corrected chi connectivity index (χ0v) is 15.2. The molecule has 3 atom stereocenters. The molecule has 2 amide bonds. The number of nitrogens with one attached hydrogen (secondary N) is 2. The molecule has 1 aliphatic carbocycles. The van der Waals surface area contributed by atoms with Gasteiger partial charge in [0.1, 0.15) is 6.23 Å². The molecule has 1 saturated carbocycles. The van der Waals surface area contributed by atoms with E-state index in [1.54, 1.807) is 4.90 Å². The fraction of sp³-hybridized carbons (Fsp3) is 0.824. The highest BCUT2D eigenvalue weighted by atomic mass is 16.3. The van der Waals surface area contributed by atoms with Crippen LogP contribution in [0.4, 0.5) is 0 Å². The molecule has 5 N–H and O–H groups in total. The molecule has 0 radical (unpaired) electrons. The number of carbonyl (C=O) groups excluding carboxylic acids is 3. The molecule has 1 saturated heterocycles. The maximum absolute atomic E-state index is 12.6. The van der Waals surface area contributed by atoms with Gasteiger partial charge < -0.3 is 21.1 Å². The molecule has 0 spiro atoms. The third-order valence-corrected chi connectivity index (χ3v) is 4.78. The van der Waals surface area contributed by atoms with Gasteiger partial charge in [0.15, 0.2) is 0 Å². The van der Waals surface area contributed by atoms with E-state index in [0.29, 0.717) is 13.0 Å². The minimum Gasteiger partial charge on any atom is -0.376 e. The number of carbonyl (C=O) groups is 3. The lowest BCUT2D eigenvalue weighted by atomic mass is 9.86. The Morgan fingerprint density at radius 1 is 1.24 bits per heavy atom. The van der Waals surface area contributed by atoms with E-state index in [2.05, 4.69) is 10.6 Å². The van der Waals surface area contributed by atoms with Crippen molar-refractivity contribution in [3.8, 4) is 0 Å². The second kappa shape index (κ2) is 7.80. The number of likely N-dealkylation sites (tertiary alicyclic amines) is 1. The maximum atomic E-state index is 12.6. The summed E-state index contributed by atoms with van der Waals surface area (Å²) in [7, 11) is 0. The molecule has 0 bridgehead atoms. The number of aliphatic hydroxyl groups excluding tert-OH is 1. The van der Waals surface area contributed by atoms with Crippen LogP contribution in [-0.4, -0.2) is 65.0 Å². The topological polar surface area (TPSA) is 125 Å². The number of hydrogen-bond acceptors (Lipinski definition) is 6. The molecule has 1 unspecified atom stereocenters. The second-order valence-corrected chi connectivity index (χ2v) is 8.08. The summed E-state index contributed by atoms with van der Waals surface area (Å²) in [5, 5.41) is 15.6. The molecule has 1 heterocycles. The minimum atomic E-state index is -1.07. The summed E-state index contributed by atoms with van der Waals surface area (Å²) in [5.41, 5.74) is 5.67. The van der Waals surface area contributed by atoms with Gasteiger partial charge in [0.05, 0.1) is 18.6 Å². The summed E-state index contributed by atoms with van der Waals surface area (Å²) < 4.78 is 0. The van der Waals surface area contributed by atoms with Gasteiger partial charge in [-0.15, -0.1) is 0 Å². The van der Waals surface area contributed by atoms with Crippen molar-refractivity contribution in [2.45, 2.75) is 70.8 Å². The van der Waals surface area contributed by atoms with Gasteiger partial charge in [-0.05, 0) is 31.1 Å². The van der Waals surface area contributed by atoms with Crippen LogP contribution >= 0.6 is 0 Å². The van der Waals surface area contributed by atoms with E-state index < -0.39 is 30.0 Å². The maximum Gasteiger partial charge on any atom is 0.288 e. The molecule has 0 aromatic rings. The van der Waals surface area contributed by atoms with Crippen LogP contribution in [0.2, 0.25) is 0 Å². The van der Waals surface area contributed by atoms with E-state index in [9.17, 15) is 19.5 Å². The highest BCUT2D eigenvalue weighted by Crippen LogP contribution is 2.25. The summed E-state index contributed by atoms with van der Waals surface area (Å²) in [4.78, 5) is 37.6. The molecule has 0 aromatic carbocycles. The first kappa shape index (κ1) is 19.8. The number of nitrogens with two attached hydrogens (primary N) is 1. The Balaban J connectivity index is 1.86. The molecule has 1 aliphatic heterocycles. The molecular weight excluding hydrogens is 324 g/mol. The normalized spacial score (nSPS) is 23.2. The predicted molar refractivity (Wildman–Crippen MR) is 92.3 cm³/mol. The Morgan fingerprint density at radius 2 is 1.88 bits per heavy atom. The van der Waals surface area contributed by atoms with Gasteiger partial charge in [-0.25, -0.2) is 0 Å². The Bertz CT molecular complexity index is 527. The van der Waals surface area contributed by atoms with Crippen LogP contribution in [0.25, 0.3) is 0 Å². The van der Waals surface area contributed by atoms with Gasteiger partial charge in [-0.3, -0.25) is 19.7 Å². The van der Waals surface area contributed by atoms with Crippen molar-refractivity contribution in [2.75, 3.05) is 13.1 Å². The van der Waals surface area contributed by atoms with Crippen LogP contribution in [0.15, 0.2) is 0 Å². The van der Waals surface area contributed by atoms with Crippen LogP contribution in [0.5, 0.6) is 0 Å². The number of nitrogens with zero attached hydrogens (tertiary/aromatic N) is 1. The molecule has 25 heavy (non-hydrogen) atoms. The van der Waals surface area contributed by atoms with E-state index in [-0.39, 0.29) is 23.9 Å². The molecule has 0 aromatic heterocycles. The number of rotatable bonds is 7. The smallest absolute Gasteiger partial charge is 0.288 e. The quantitative estimate of drug-likeness (QED) is 0.347. The van der Waals surface area contributed by atoms with Gasteiger partial charge in [0.25, 0.3) is 5.91 Å². The van der Waals surface area contributed by atoms with Gasteiger partial charge in [-0.2, -0.15) is 0 Å². The van der Waals surface area contributed by atoms with Gasteiger partial charge in [0.2, 0.25) is 11.7 Å². The lowest BCUT2D eigenvalue weighted by Crippen LogP contribution is -2.56. The SMILES string of the molecule is CC(C)(C)[C@H](N)C(=O)N1CCC[C@H]1C(O)NCC(=O)C(=O)NC1CC1. The van der Waals surface area contributed by atoms with Crippen molar-refractivity contribution < 1.29 is 19.5 Å². The first-order valence-electron chi connectivity index (χ1n) is 8.92. The molecule has 2 aliphatic rings. The summed E-state index contributed by atoms with van der Waals surface area (Å²) in [6.45, 7) is 5.96. The highest BCUT2D eigenvalue weighted by molar-refractivity contribution is 6.37. The minimum absolute atomic E-state index is 0.114. The lowest BCUT2D eigenvalue weighted by molar-refractivity contribution is -0.139. The largest absolute Gasteiger partial charge is 0.376 e. The Kier molecular flexibility index (Phi) is 6.18. The number of ketones is 1. The third-order valence-electron chi connectivity index (χ3n) is 4.78. The van der Waals surface area contributed by atoms with Crippen LogP contribution in [0.1, 0.15) is 46.5 Å². The summed E-state index contributed by atoms with van der Waals surface area (Å²) in [5.74, 6) is -1.45. The van der Waals surface area contributed by atoms with E-state index in [0.717, 1.165) is 19.3 Å². The van der Waals surface area contributed by atoms with E-state index in [4.69, 9.17) is 5.73 Å². The second-order valence-electron chi connectivity index (χ2n) is 8.08.